The standard InChI is InChI=1S/C20H21N3O4S/c1-28(26,27)23-10-9-14-7-8-16(12-18(14)23)21-20(25)15-11-19(24)22(13-15)17-5-3-2-4-6-17/h2-8,12,15H,9-11,13H2,1H3,(H,21,25). The van der Waals surface area contributed by atoms with E-state index in [9.17, 15) is 18.0 Å². The van der Waals surface area contributed by atoms with Crippen molar-refractivity contribution in [3.8, 4) is 0 Å². The summed E-state index contributed by atoms with van der Waals surface area (Å²) in [5.41, 5.74) is 2.86. The van der Waals surface area contributed by atoms with Crippen LogP contribution in [0, 0.1) is 5.92 Å². The van der Waals surface area contributed by atoms with Crippen LogP contribution in [0.4, 0.5) is 17.1 Å². The maximum absolute atomic E-state index is 12.7. The van der Waals surface area contributed by atoms with E-state index in [4.69, 9.17) is 0 Å². The molecule has 2 aliphatic heterocycles. The number of rotatable bonds is 4. The molecule has 0 saturated carbocycles. The summed E-state index contributed by atoms with van der Waals surface area (Å²) in [6.07, 6.45) is 1.98. The molecule has 1 atom stereocenters. The van der Waals surface area contributed by atoms with Crippen molar-refractivity contribution in [2.24, 2.45) is 5.92 Å². The maximum atomic E-state index is 12.7. The van der Waals surface area contributed by atoms with Crippen molar-refractivity contribution < 1.29 is 18.0 Å². The molecule has 2 aromatic rings. The van der Waals surface area contributed by atoms with Gasteiger partial charge < -0.3 is 10.2 Å². The smallest absolute Gasteiger partial charge is 0.232 e. The molecular weight excluding hydrogens is 378 g/mol. The Morgan fingerprint density at radius 2 is 1.89 bits per heavy atom. The highest BCUT2D eigenvalue weighted by molar-refractivity contribution is 7.92. The van der Waals surface area contributed by atoms with E-state index in [1.54, 1.807) is 17.0 Å². The Balaban J connectivity index is 1.49. The molecule has 2 aliphatic rings. The largest absolute Gasteiger partial charge is 0.326 e. The Morgan fingerprint density at radius 3 is 2.61 bits per heavy atom. The molecule has 2 aromatic carbocycles. The minimum Gasteiger partial charge on any atom is -0.326 e. The van der Waals surface area contributed by atoms with Gasteiger partial charge in [0, 0.05) is 30.9 Å². The van der Waals surface area contributed by atoms with Gasteiger partial charge in [0.05, 0.1) is 17.9 Å². The SMILES string of the molecule is CS(=O)(=O)N1CCc2ccc(NC(=O)C3CC(=O)N(c4ccccc4)C3)cc21. The van der Waals surface area contributed by atoms with E-state index in [0.29, 0.717) is 30.9 Å². The van der Waals surface area contributed by atoms with Gasteiger partial charge in [-0.15, -0.1) is 0 Å². The van der Waals surface area contributed by atoms with Crippen LogP contribution in [0.3, 0.4) is 0 Å². The number of nitrogens with zero attached hydrogens (tertiary/aromatic N) is 2. The van der Waals surface area contributed by atoms with Crippen molar-refractivity contribution in [1.29, 1.82) is 0 Å². The number of fused-ring (bicyclic) bond motifs is 1. The Hall–Kier alpha value is -2.87. The van der Waals surface area contributed by atoms with Crippen molar-refractivity contribution >= 4 is 38.9 Å². The topological polar surface area (TPSA) is 86.8 Å². The number of nitrogens with one attached hydrogen (secondary N) is 1. The van der Waals surface area contributed by atoms with Gasteiger partial charge in [-0.1, -0.05) is 24.3 Å². The third-order valence-electron chi connectivity index (χ3n) is 5.17. The summed E-state index contributed by atoms with van der Waals surface area (Å²) in [4.78, 5) is 26.6. The molecule has 1 unspecified atom stereocenters. The maximum Gasteiger partial charge on any atom is 0.232 e. The van der Waals surface area contributed by atoms with Gasteiger partial charge in [-0.25, -0.2) is 8.42 Å². The van der Waals surface area contributed by atoms with Crippen LogP contribution in [-0.4, -0.2) is 39.6 Å². The Bertz CT molecular complexity index is 1040. The number of carbonyl (C=O) groups excluding carboxylic acids is 2. The quantitative estimate of drug-likeness (QED) is 0.852. The number of carbonyl (C=O) groups is 2. The van der Waals surface area contributed by atoms with Crippen LogP contribution in [0.5, 0.6) is 0 Å². The lowest BCUT2D eigenvalue weighted by molar-refractivity contribution is -0.122. The highest BCUT2D eigenvalue weighted by Gasteiger charge is 2.35. The number of anilines is 3. The predicted molar refractivity (Wildman–Crippen MR) is 108 cm³/mol. The number of para-hydroxylation sites is 1. The molecule has 1 N–H and O–H groups in total. The molecule has 1 saturated heterocycles. The molecule has 8 heteroatoms. The molecular formula is C20H21N3O4S. The van der Waals surface area contributed by atoms with Crippen LogP contribution in [0.15, 0.2) is 48.5 Å². The lowest BCUT2D eigenvalue weighted by Gasteiger charge is -2.18. The highest BCUT2D eigenvalue weighted by Crippen LogP contribution is 2.33. The minimum absolute atomic E-state index is 0.0800. The van der Waals surface area contributed by atoms with E-state index in [-0.39, 0.29) is 18.2 Å². The van der Waals surface area contributed by atoms with Crippen LogP contribution in [-0.2, 0) is 26.0 Å². The van der Waals surface area contributed by atoms with Gasteiger partial charge in [0.2, 0.25) is 21.8 Å². The Labute approximate surface area is 164 Å². The molecule has 2 amide bonds. The van der Waals surface area contributed by atoms with E-state index in [2.05, 4.69) is 5.32 Å². The van der Waals surface area contributed by atoms with Crippen molar-refractivity contribution in [3.63, 3.8) is 0 Å². The molecule has 0 aliphatic carbocycles. The molecule has 1 fully saturated rings. The van der Waals surface area contributed by atoms with Gasteiger partial charge in [0.15, 0.2) is 0 Å². The third-order valence-corrected chi connectivity index (χ3v) is 6.35. The minimum atomic E-state index is -3.35. The van der Waals surface area contributed by atoms with Crippen LogP contribution >= 0.6 is 0 Å². The van der Waals surface area contributed by atoms with Crippen LogP contribution in [0.25, 0.3) is 0 Å². The number of sulfonamides is 1. The monoisotopic (exact) mass is 399 g/mol. The molecule has 0 spiro atoms. The number of amides is 2. The zero-order valence-electron chi connectivity index (χ0n) is 15.5. The Kier molecular flexibility index (Phi) is 4.58. The number of hydrogen-bond donors (Lipinski definition) is 1. The third kappa shape index (κ3) is 3.47. The lowest BCUT2D eigenvalue weighted by atomic mass is 10.1. The van der Waals surface area contributed by atoms with E-state index >= 15 is 0 Å². The first-order valence-corrected chi connectivity index (χ1v) is 10.9. The zero-order valence-corrected chi connectivity index (χ0v) is 16.3. The first kappa shape index (κ1) is 18.5. The van der Waals surface area contributed by atoms with Crippen LogP contribution in [0.1, 0.15) is 12.0 Å². The second kappa shape index (κ2) is 6.94. The summed E-state index contributed by atoms with van der Waals surface area (Å²) >= 11 is 0. The van der Waals surface area contributed by atoms with Crippen molar-refractivity contribution in [1.82, 2.24) is 0 Å². The van der Waals surface area contributed by atoms with E-state index in [0.717, 1.165) is 11.3 Å². The van der Waals surface area contributed by atoms with E-state index in [1.807, 2.05) is 36.4 Å². The van der Waals surface area contributed by atoms with Gasteiger partial charge in [-0.2, -0.15) is 0 Å². The van der Waals surface area contributed by atoms with Gasteiger partial charge in [-0.05, 0) is 36.2 Å². The summed E-state index contributed by atoms with van der Waals surface area (Å²) < 4.78 is 25.2. The van der Waals surface area contributed by atoms with Gasteiger partial charge in [-0.3, -0.25) is 13.9 Å². The second-order valence-electron chi connectivity index (χ2n) is 7.16. The molecule has 146 valence electrons. The zero-order chi connectivity index (χ0) is 19.9. The fourth-order valence-electron chi connectivity index (χ4n) is 3.76. The fourth-order valence-corrected chi connectivity index (χ4v) is 4.71. The lowest BCUT2D eigenvalue weighted by Crippen LogP contribution is -2.28. The number of benzene rings is 2. The molecule has 28 heavy (non-hydrogen) atoms. The van der Waals surface area contributed by atoms with E-state index < -0.39 is 15.9 Å². The fraction of sp³-hybridized carbons (Fsp3) is 0.300. The molecule has 0 bridgehead atoms. The van der Waals surface area contributed by atoms with E-state index in [1.165, 1.54) is 10.6 Å². The van der Waals surface area contributed by atoms with Crippen LogP contribution in [0.2, 0.25) is 0 Å². The van der Waals surface area contributed by atoms with Crippen LogP contribution < -0.4 is 14.5 Å². The van der Waals surface area contributed by atoms with Gasteiger partial charge in [0.1, 0.15) is 0 Å². The first-order valence-electron chi connectivity index (χ1n) is 9.10. The highest BCUT2D eigenvalue weighted by atomic mass is 32.2. The van der Waals surface area contributed by atoms with Crippen molar-refractivity contribution in [2.45, 2.75) is 12.8 Å². The average molecular weight is 399 g/mol. The molecule has 2 heterocycles. The summed E-state index contributed by atoms with van der Waals surface area (Å²) in [5.74, 6) is -0.772. The summed E-state index contributed by atoms with van der Waals surface area (Å²) in [5, 5.41) is 2.84. The normalized spacial score (nSPS) is 19.0. The van der Waals surface area contributed by atoms with Gasteiger partial charge >= 0.3 is 0 Å². The summed E-state index contributed by atoms with van der Waals surface area (Å²) in [6.45, 7) is 0.740. The first-order chi connectivity index (χ1) is 13.3. The molecule has 4 rings (SSSR count). The van der Waals surface area contributed by atoms with Crippen molar-refractivity contribution in [3.05, 3.63) is 54.1 Å². The van der Waals surface area contributed by atoms with Gasteiger partial charge in [0.25, 0.3) is 0 Å². The Morgan fingerprint density at radius 1 is 1.14 bits per heavy atom. The predicted octanol–water partition coefficient (Wildman–Crippen LogP) is 2.00. The van der Waals surface area contributed by atoms with Crippen molar-refractivity contribution in [2.75, 3.05) is 33.9 Å². The molecule has 7 nitrogen and oxygen atoms in total. The summed E-state index contributed by atoms with van der Waals surface area (Å²) in [7, 11) is -3.35. The second-order valence-corrected chi connectivity index (χ2v) is 9.07. The average Bonchev–Trinajstić information content (AvgIpc) is 3.25. The molecule has 0 aromatic heterocycles. The summed E-state index contributed by atoms with van der Waals surface area (Å²) in [6, 6.07) is 14.6. The number of hydrogen-bond acceptors (Lipinski definition) is 4. The molecule has 0 radical (unpaired) electrons.